The lowest BCUT2D eigenvalue weighted by molar-refractivity contribution is -0.141. The average Bonchev–Trinajstić information content (AvgIpc) is 3.30. The Hall–Kier alpha value is -3.14. The van der Waals surface area contributed by atoms with Gasteiger partial charge in [0.15, 0.2) is 6.61 Å². The highest BCUT2D eigenvalue weighted by atomic mass is 32.1. The van der Waals surface area contributed by atoms with Crippen molar-refractivity contribution in [2.75, 3.05) is 6.61 Å². The molecular formula is C18H19N5O4S. The third-order valence-electron chi connectivity index (χ3n) is 4.12. The topological polar surface area (TPSA) is 116 Å². The molecule has 0 saturated carbocycles. The van der Waals surface area contributed by atoms with E-state index in [1.807, 2.05) is 6.92 Å². The molecule has 9 nitrogen and oxygen atoms in total. The van der Waals surface area contributed by atoms with E-state index in [2.05, 4.69) is 20.4 Å². The molecule has 3 heterocycles. The molecule has 0 radical (unpaired) electrons. The molecule has 0 saturated heterocycles. The van der Waals surface area contributed by atoms with Crippen LogP contribution in [0.3, 0.4) is 0 Å². The number of ether oxygens (including phenoxy) is 1. The van der Waals surface area contributed by atoms with Crippen LogP contribution in [0.4, 0.5) is 0 Å². The first-order valence-electron chi connectivity index (χ1n) is 8.53. The number of thiophene rings is 1. The van der Waals surface area contributed by atoms with Gasteiger partial charge in [0, 0.05) is 28.8 Å². The summed E-state index contributed by atoms with van der Waals surface area (Å²) >= 11 is 1.26. The summed E-state index contributed by atoms with van der Waals surface area (Å²) in [5, 5.41) is 6.75. The molecule has 28 heavy (non-hydrogen) atoms. The Morgan fingerprint density at radius 1 is 1.25 bits per heavy atom. The van der Waals surface area contributed by atoms with Crippen molar-refractivity contribution in [3.8, 4) is 0 Å². The number of amides is 1. The second-order valence-electron chi connectivity index (χ2n) is 6.17. The van der Waals surface area contributed by atoms with Crippen molar-refractivity contribution < 1.29 is 19.1 Å². The molecule has 10 heteroatoms. The van der Waals surface area contributed by atoms with Crippen LogP contribution >= 0.6 is 11.3 Å². The van der Waals surface area contributed by atoms with Gasteiger partial charge in [-0.2, -0.15) is 10.1 Å². The predicted octanol–water partition coefficient (Wildman–Crippen LogP) is 1.41. The van der Waals surface area contributed by atoms with E-state index in [1.165, 1.54) is 24.6 Å². The number of esters is 1. The maximum absolute atomic E-state index is 12.2. The number of nitrogens with one attached hydrogen (secondary N) is 1. The normalized spacial score (nSPS) is 10.8. The number of ketones is 1. The Balaban J connectivity index is 1.59. The molecule has 0 spiro atoms. The van der Waals surface area contributed by atoms with Crippen LogP contribution < -0.4 is 5.32 Å². The minimum atomic E-state index is -0.518. The first-order valence-corrected chi connectivity index (χ1v) is 9.34. The molecule has 0 aliphatic heterocycles. The zero-order valence-corrected chi connectivity index (χ0v) is 16.5. The largest absolute Gasteiger partial charge is 0.457 e. The summed E-state index contributed by atoms with van der Waals surface area (Å²) in [6.07, 6.45) is 1.39. The van der Waals surface area contributed by atoms with Crippen molar-refractivity contribution in [1.82, 2.24) is 24.9 Å². The molecule has 3 rings (SSSR count). The first kappa shape index (κ1) is 19.6. The SMILES string of the molecule is CC(=O)NCc1ccc(C(=O)COC(=O)Cc2c(C)nc3ncnn3c2C)s1. The van der Waals surface area contributed by atoms with E-state index < -0.39 is 5.97 Å². The molecule has 146 valence electrons. The van der Waals surface area contributed by atoms with Gasteiger partial charge in [0.25, 0.3) is 5.78 Å². The fraction of sp³-hybridized carbons (Fsp3) is 0.333. The Kier molecular flexibility index (Phi) is 5.78. The summed E-state index contributed by atoms with van der Waals surface area (Å²) < 4.78 is 6.71. The number of aromatic nitrogens is 4. The van der Waals surface area contributed by atoms with E-state index in [1.54, 1.807) is 23.6 Å². The lowest BCUT2D eigenvalue weighted by atomic mass is 10.1. The molecule has 3 aromatic rings. The average molecular weight is 401 g/mol. The Morgan fingerprint density at radius 3 is 2.79 bits per heavy atom. The van der Waals surface area contributed by atoms with Gasteiger partial charge in [-0.15, -0.1) is 11.3 Å². The highest BCUT2D eigenvalue weighted by molar-refractivity contribution is 7.14. The number of carbonyl (C=O) groups is 3. The summed E-state index contributed by atoms with van der Waals surface area (Å²) in [6.45, 7) is 5.07. The Labute approximate surface area is 164 Å². The molecular weight excluding hydrogens is 382 g/mol. The third-order valence-corrected chi connectivity index (χ3v) is 5.25. The molecule has 1 amide bonds. The smallest absolute Gasteiger partial charge is 0.310 e. The molecule has 0 atom stereocenters. The Morgan fingerprint density at radius 2 is 2.04 bits per heavy atom. The summed E-state index contributed by atoms with van der Waals surface area (Å²) in [6, 6.07) is 3.43. The second-order valence-corrected chi connectivity index (χ2v) is 7.34. The quantitative estimate of drug-likeness (QED) is 0.470. The summed E-state index contributed by atoms with van der Waals surface area (Å²) in [5.74, 6) is -0.476. The number of carbonyl (C=O) groups excluding carboxylic acids is 3. The van der Waals surface area contributed by atoms with Crippen LogP contribution in [-0.4, -0.2) is 43.8 Å². The van der Waals surface area contributed by atoms with E-state index in [9.17, 15) is 14.4 Å². The standard InChI is InChI=1S/C18H19N5O4S/c1-10-14(11(2)23-18(22-10)20-9-21-23)6-17(26)27-8-15(25)16-5-4-13(28-16)7-19-12(3)24/h4-5,9H,6-8H2,1-3H3,(H,19,24). The van der Waals surface area contributed by atoms with Crippen LogP contribution in [0.1, 0.15) is 38.4 Å². The molecule has 3 aromatic heterocycles. The molecule has 0 unspecified atom stereocenters. The fourth-order valence-electron chi connectivity index (χ4n) is 2.66. The maximum atomic E-state index is 12.2. The number of hydrogen-bond donors (Lipinski definition) is 1. The van der Waals surface area contributed by atoms with E-state index in [0.29, 0.717) is 28.5 Å². The van der Waals surface area contributed by atoms with Gasteiger partial charge >= 0.3 is 5.97 Å². The lowest BCUT2D eigenvalue weighted by Crippen LogP contribution is -2.18. The minimum absolute atomic E-state index is 0.00797. The van der Waals surface area contributed by atoms with Crippen molar-refractivity contribution in [2.45, 2.75) is 33.7 Å². The van der Waals surface area contributed by atoms with E-state index in [-0.39, 0.29) is 24.7 Å². The summed E-state index contributed by atoms with van der Waals surface area (Å²) in [4.78, 5) is 45.1. The zero-order chi connectivity index (χ0) is 20.3. The van der Waals surface area contributed by atoms with Crippen molar-refractivity contribution in [3.05, 3.63) is 45.2 Å². The minimum Gasteiger partial charge on any atom is -0.457 e. The maximum Gasteiger partial charge on any atom is 0.310 e. The van der Waals surface area contributed by atoms with Crippen molar-refractivity contribution in [1.29, 1.82) is 0 Å². The van der Waals surface area contributed by atoms with Gasteiger partial charge in [0.1, 0.15) is 6.33 Å². The van der Waals surface area contributed by atoms with Crippen molar-refractivity contribution >= 4 is 34.8 Å². The van der Waals surface area contributed by atoms with Gasteiger partial charge in [0.2, 0.25) is 11.7 Å². The monoisotopic (exact) mass is 401 g/mol. The molecule has 0 bridgehead atoms. The van der Waals surface area contributed by atoms with Crippen LogP contribution in [-0.2, 0) is 27.3 Å². The van der Waals surface area contributed by atoms with Gasteiger partial charge in [-0.3, -0.25) is 14.4 Å². The summed E-state index contributed by atoms with van der Waals surface area (Å²) in [7, 11) is 0. The van der Waals surface area contributed by atoms with E-state index >= 15 is 0 Å². The first-order chi connectivity index (χ1) is 13.3. The van der Waals surface area contributed by atoms with Gasteiger partial charge in [0.05, 0.1) is 17.8 Å². The zero-order valence-electron chi connectivity index (χ0n) is 15.7. The van der Waals surface area contributed by atoms with Gasteiger partial charge in [-0.25, -0.2) is 9.50 Å². The van der Waals surface area contributed by atoms with Crippen LogP contribution in [0.5, 0.6) is 0 Å². The highest BCUT2D eigenvalue weighted by Gasteiger charge is 2.17. The van der Waals surface area contributed by atoms with Gasteiger partial charge in [-0.05, 0) is 26.0 Å². The number of fused-ring (bicyclic) bond motifs is 1. The van der Waals surface area contributed by atoms with Crippen LogP contribution in [0.2, 0.25) is 0 Å². The van der Waals surface area contributed by atoms with Crippen LogP contribution in [0.25, 0.3) is 5.78 Å². The molecule has 0 aliphatic carbocycles. The van der Waals surface area contributed by atoms with E-state index in [4.69, 9.17) is 4.74 Å². The second kappa shape index (κ2) is 8.26. The molecule has 0 aliphatic rings. The number of Topliss-reactive ketones (excluding diaryl/α,β-unsaturated/α-hetero) is 1. The van der Waals surface area contributed by atoms with Crippen molar-refractivity contribution in [2.24, 2.45) is 0 Å². The lowest BCUT2D eigenvalue weighted by Gasteiger charge is -2.10. The van der Waals surface area contributed by atoms with Gasteiger partial charge < -0.3 is 10.1 Å². The third kappa shape index (κ3) is 4.39. The molecule has 0 fully saturated rings. The summed E-state index contributed by atoms with van der Waals surface area (Å²) in [5.41, 5.74) is 2.12. The predicted molar refractivity (Wildman–Crippen MR) is 101 cm³/mol. The Bertz CT molecular complexity index is 1060. The number of nitrogens with zero attached hydrogens (tertiary/aromatic N) is 4. The van der Waals surface area contributed by atoms with Crippen molar-refractivity contribution in [3.63, 3.8) is 0 Å². The number of rotatable bonds is 7. The number of aryl methyl sites for hydroxylation is 2. The van der Waals surface area contributed by atoms with Gasteiger partial charge in [-0.1, -0.05) is 0 Å². The number of hydrogen-bond acceptors (Lipinski definition) is 8. The molecule has 1 N–H and O–H groups in total. The highest BCUT2D eigenvalue weighted by Crippen LogP contribution is 2.18. The molecule has 0 aromatic carbocycles. The van der Waals surface area contributed by atoms with Crippen LogP contribution in [0, 0.1) is 13.8 Å². The van der Waals surface area contributed by atoms with Crippen LogP contribution in [0.15, 0.2) is 18.5 Å². The van der Waals surface area contributed by atoms with E-state index in [0.717, 1.165) is 10.6 Å². The fourth-order valence-corrected chi connectivity index (χ4v) is 3.53.